The van der Waals surface area contributed by atoms with E-state index in [-0.39, 0.29) is 0 Å². The van der Waals surface area contributed by atoms with E-state index < -0.39 is 0 Å². The van der Waals surface area contributed by atoms with Gasteiger partial charge in [-0.2, -0.15) is 9.97 Å². The maximum atomic E-state index is 5.79. The summed E-state index contributed by atoms with van der Waals surface area (Å²) >= 11 is 0. The van der Waals surface area contributed by atoms with Crippen LogP contribution in [0.5, 0.6) is 11.5 Å². The molecule has 8 heterocycles. The van der Waals surface area contributed by atoms with Crippen LogP contribution in [0.1, 0.15) is 128 Å². The third-order valence-corrected chi connectivity index (χ3v) is 15.7. The number of piperidine rings is 2. The van der Waals surface area contributed by atoms with Gasteiger partial charge in [0, 0.05) is 101 Å². The van der Waals surface area contributed by atoms with Crippen LogP contribution in [0.2, 0.25) is 0 Å². The normalized spacial score (nSPS) is 19.6. The molecular formula is C58H84N12O2. The smallest absolute Gasteiger partial charge is 0.227 e. The van der Waals surface area contributed by atoms with Gasteiger partial charge >= 0.3 is 0 Å². The molecule has 0 amide bonds. The Labute approximate surface area is 431 Å². The molecule has 0 radical (unpaired) electrons. The molecule has 0 unspecified atom stereocenters. The Morgan fingerprint density at radius 2 is 0.833 bits per heavy atom. The molecule has 4 aromatic rings. The van der Waals surface area contributed by atoms with Crippen molar-refractivity contribution in [1.82, 2.24) is 39.5 Å². The summed E-state index contributed by atoms with van der Waals surface area (Å²) in [5.74, 6) is 18.7. The number of ether oxygens (including phenoxy) is 2. The van der Waals surface area contributed by atoms with Gasteiger partial charge < -0.3 is 49.5 Å². The Hall–Kier alpha value is -5.12. The number of methoxy groups -OCH3 is 2. The van der Waals surface area contributed by atoms with Gasteiger partial charge in [-0.05, 0) is 153 Å². The molecule has 6 aliphatic rings. The maximum Gasteiger partial charge on any atom is 0.227 e. The van der Waals surface area contributed by atoms with E-state index in [4.69, 9.17) is 29.4 Å². The van der Waals surface area contributed by atoms with Gasteiger partial charge in [0.2, 0.25) is 11.9 Å². The van der Waals surface area contributed by atoms with Crippen molar-refractivity contribution in [2.24, 2.45) is 0 Å². The van der Waals surface area contributed by atoms with Crippen LogP contribution in [-0.2, 0) is 0 Å². The lowest BCUT2D eigenvalue weighted by molar-refractivity contribution is 0.219. The number of nitrogens with zero attached hydrogens (tertiary/aromatic N) is 10. The minimum atomic E-state index is 0.429. The predicted octanol–water partition coefficient (Wildman–Crippen LogP) is 8.72. The quantitative estimate of drug-likeness (QED) is 0.104. The average Bonchev–Trinajstić information content (AvgIpc) is 4.28. The summed E-state index contributed by atoms with van der Waals surface area (Å²) in [7, 11) is 3.46. The Kier molecular flexibility index (Phi) is 18.8. The Balaban J connectivity index is 0.000000178. The zero-order chi connectivity index (χ0) is 49.5. The van der Waals surface area contributed by atoms with E-state index in [2.05, 4.69) is 102 Å². The summed E-state index contributed by atoms with van der Waals surface area (Å²) in [6.07, 6.45) is 18.9. The number of hydrogen-bond acceptors (Lipinski definition) is 14. The van der Waals surface area contributed by atoms with Crippen molar-refractivity contribution < 1.29 is 9.47 Å². The van der Waals surface area contributed by atoms with Gasteiger partial charge in [0.1, 0.15) is 23.1 Å². The predicted molar refractivity (Wildman–Crippen MR) is 296 cm³/mol. The first-order valence-electron chi connectivity index (χ1n) is 28.2. The van der Waals surface area contributed by atoms with E-state index in [0.29, 0.717) is 12.1 Å². The van der Waals surface area contributed by atoms with Gasteiger partial charge in [-0.15, -0.1) is 0 Å². The summed E-state index contributed by atoms with van der Waals surface area (Å²) in [5, 5.41) is 9.65. The highest BCUT2D eigenvalue weighted by Crippen LogP contribution is 2.34. The molecule has 2 aromatic carbocycles. The Morgan fingerprint density at radius 1 is 0.472 bits per heavy atom. The molecule has 0 atom stereocenters. The second kappa shape index (κ2) is 26.2. The number of anilines is 4. The molecular weight excluding hydrogens is 897 g/mol. The zero-order valence-corrected chi connectivity index (χ0v) is 44.4. The van der Waals surface area contributed by atoms with Gasteiger partial charge in [0.15, 0.2) is 0 Å². The van der Waals surface area contributed by atoms with Crippen molar-refractivity contribution in [3.8, 4) is 35.2 Å². The fraction of sp³-hybridized carbons (Fsp3) is 0.655. The molecule has 14 heteroatoms. The van der Waals surface area contributed by atoms with Gasteiger partial charge in [0.05, 0.1) is 36.4 Å². The average molecular weight is 981 g/mol. The molecule has 388 valence electrons. The second-order valence-corrected chi connectivity index (χ2v) is 21.0. The molecule has 6 aliphatic heterocycles. The van der Waals surface area contributed by atoms with E-state index in [0.717, 1.165) is 172 Å². The Morgan fingerprint density at radius 3 is 1.19 bits per heavy atom. The summed E-state index contributed by atoms with van der Waals surface area (Å²) in [5.41, 5.74) is 3.72. The fourth-order valence-electron chi connectivity index (χ4n) is 11.5. The molecule has 0 aliphatic carbocycles. The van der Waals surface area contributed by atoms with Crippen LogP contribution in [-0.4, -0.2) is 171 Å². The molecule has 6 saturated heterocycles. The van der Waals surface area contributed by atoms with E-state index in [1.54, 1.807) is 14.2 Å². The van der Waals surface area contributed by atoms with Crippen LogP contribution in [0.4, 0.5) is 23.5 Å². The van der Waals surface area contributed by atoms with Crippen LogP contribution in [0, 0.1) is 23.7 Å². The van der Waals surface area contributed by atoms with Crippen molar-refractivity contribution in [3.63, 3.8) is 0 Å². The monoisotopic (exact) mass is 981 g/mol. The molecule has 10 rings (SSSR count). The fourth-order valence-corrected chi connectivity index (χ4v) is 11.5. The van der Waals surface area contributed by atoms with Crippen molar-refractivity contribution in [2.45, 2.75) is 129 Å². The number of rotatable bonds is 16. The first-order chi connectivity index (χ1) is 35.5. The number of benzene rings is 2. The zero-order valence-electron chi connectivity index (χ0n) is 44.4. The molecule has 0 saturated carbocycles. The molecule has 14 nitrogen and oxygen atoms in total. The summed E-state index contributed by atoms with van der Waals surface area (Å²) < 4.78 is 11.6. The topological polar surface area (TPSA) is 114 Å². The van der Waals surface area contributed by atoms with Crippen LogP contribution < -0.4 is 29.9 Å². The third kappa shape index (κ3) is 13.7. The summed E-state index contributed by atoms with van der Waals surface area (Å²) in [6.45, 7) is 22.6. The minimum Gasteiger partial charge on any atom is -0.495 e. The van der Waals surface area contributed by atoms with E-state index >= 15 is 0 Å². The first kappa shape index (κ1) is 51.8. The lowest BCUT2D eigenvalue weighted by atomic mass is 10.0. The number of aromatic nitrogens is 4. The second-order valence-electron chi connectivity index (χ2n) is 21.0. The SMILES string of the molecule is CCCN1CCC(Nc2nc(N3CCCC3)nc3cc(C#CCCN4CCCC4)c(OC)cc23)CC1.CCCN1CCC(Nc2nc(N3CCCC3)nc3cc(C#CCCN4CCCC4)c(OC)cc23)CC1. The van der Waals surface area contributed by atoms with E-state index in [1.165, 1.54) is 103 Å². The number of hydrogen-bond donors (Lipinski definition) is 2. The van der Waals surface area contributed by atoms with Crippen molar-refractivity contribution >= 4 is 45.3 Å². The molecule has 0 spiro atoms. The van der Waals surface area contributed by atoms with Crippen LogP contribution in [0.25, 0.3) is 21.8 Å². The van der Waals surface area contributed by atoms with Crippen molar-refractivity contribution in [2.75, 3.05) is 139 Å². The summed E-state index contributed by atoms with van der Waals surface area (Å²) in [4.78, 5) is 34.9. The third-order valence-electron chi connectivity index (χ3n) is 15.7. The van der Waals surface area contributed by atoms with Gasteiger partial charge in [-0.25, -0.2) is 9.97 Å². The molecule has 0 bridgehead atoms. The highest BCUT2D eigenvalue weighted by molar-refractivity contribution is 5.94. The Bertz CT molecular complexity index is 2320. The molecule has 6 fully saturated rings. The highest BCUT2D eigenvalue weighted by atomic mass is 16.5. The molecule has 72 heavy (non-hydrogen) atoms. The maximum absolute atomic E-state index is 5.79. The van der Waals surface area contributed by atoms with Crippen LogP contribution in [0.15, 0.2) is 24.3 Å². The van der Waals surface area contributed by atoms with Crippen molar-refractivity contribution in [1.29, 1.82) is 0 Å². The van der Waals surface area contributed by atoms with Gasteiger partial charge in [-0.1, -0.05) is 37.5 Å². The van der Waals surface area contributed by atoms with Crippen molar-refractivity contribution in [3.05, 3.63) is 35.4 Å². The number of likely N-dealkylation sites (tertiary alicyclic amines) is 4. The highest BCUT2D eigenvalue weighted by Gasteiger charge is 2.25. The van der Waals surface area contributed by atoms with Gasteiger partial charge in [0.25, 0.3) is 0 Å². The largest absolute Gasteiger partial charge is 0.495 e. The van der Waals surface area contributed by atoms with Gasteiger partial charge in [-0.3, -0.25) is 0 Å². The number of nitrogens with one attached hydrogen (secondary N) is 2. The lowest BCUT2D eigenvalue weighted by Gasteiger charge is -2.32. The minimum absolute atomic E-state index is 0.429. The summed E-state index contributed by atoms with van der Waals surface area (Å²) in [6, 6.07) is 9.24. The molecule has 2 N–H and O–H groups in total. The van der Waals surface area contributed by atoms with E-state index in [9.17, 15) is 0 Å². The van der Waals surface area contributed by atoms with Crippen LogP contribution >= 0.6 is 0 Å². The first-order valence-corrected chi connectivity index (χ1v) is 28.2. The molecule has 2 aromatic heterocycles. The number of fused-ring (bicyclic) bond motifs is 2. The lowest BCUT2D eigenvalue weighted by Crippen LogP contribution is -2.39. The van der Waals surface area contributed by atoms with E-state index in [1.807, 2.05) is 0 Å². The van der Waals surface area contributed by atoms with Crippen LogP contribution in [0.3, 0.4) is 0 Å². The standard InChI is InChI=1S/2C29H42N6O/c2*1-3-13-33-19-11-24(12-20-33)30-28-25-22-27(36-2)23(10-4-5-14-34-15-6-7-16-34)21-26(25)31-29(32-28)35-17-8-9-18-35/h2*21-22,24H,3,5-9,11-20H2,1-2H3,(H,30,31,32).